The quantitative estimate of drug-likeness (QED) is 0.321. The Balaban J connectivity index is 1.38. The van der Waals surface area contributed by atoms with Gasteiger partial charge in [-0.2, -0.15) is 15.3 Å². The van der Waals surface area contributed by atoms with E-state index in [0.29, 0.717) is 17.5 Å². The Hall–Kier alpha value is -3.90. The number of carbonyl (C=O) groups is 2. The number of aromatic nitrogens is 6. The summed E-state index contributed by atoms with van der Waals surface area (Å²) < 4.78 is 29.6. The first-order valence-electron chi connectivity index (χ1n) is 13.2. The van der Waals surface area contributed by atoms with Crippen molar-refractivity contribution in [3.63, 3.8) is 0 Å². The Morgan fingerprint density at radius 1 is 1.10 bits per heavy atom. The van der Waals surface area contributed by atoms with Crippen LogP contribution in [0, 0.1) is 17.8 Å². The average Bonchev–Trinajstić information content (AvgIpc) is 3.81. The zero-order valence-corrected chi connectivity index (χ0v) is 21.8. The predicted molar refractivity (Wildman–Crippen MR) is 137 cm³/mol. The largest absolute Gasteiger partial charge is 0.339 e. The maximum Gasteiger partial charge on any atom is 0.270 e. The predicted octanol–water partition coefficient (Wildman–Crippen LogP) is 3.16. The number of nitrogens with one attached hydrogen (secondary N) is 3. The molecule has 2 aliphatic rings. The number of nitrogens with zero attached hydrogens (tertiary/aromatic N) is 5. The van der Waals surface area contributed by atoms with Crippen molar-refractivity contribution in [2.75, 3.05) is 5.32 Å². The minimum atomic E-state index is -2.69. The standard InChI is InChI=1S/C26H32F2N8O3/c1-14(2)36-19(8-10-30-36)25(38)33-23(22(15-3-4-15)16-5-6-16)26(39)32-17-12-31-35(13-17)20(11-21(27)28)18-7-9-29-34-24(18)37/h7-10,12-16,20-23H,3-6,11H2,1-2H3,(H,32,39)(H,33,38)(H,34,37)/t20-,23-/m0/s1. The Morgan fingerprint density at radius 3 is 2.44 bits per heavy atom. The summed E-state index contributed by atoms with van der Waals surface area (Å²) in [6, 6.07) is 1.13. The van der Waals surface area contributed by atoms with E-state index in [1.54, 1.807) is 16.9 Å². The molecule has 3 heterocycles. The molecule has 5 rings (SSSR count). The molecule has 0 bridgehead atoms. The third-order valence-electron chi connectivity index (χ3n) is 7.38. The fourth-order valence-electron chi connectivity index (χ4n) is 5.30. The topological polar surface area (TPSA) is 140 Å². The van der Waals surface area contributed by atoms with Crippen molar-refractivity contribution in [1.82, 2.24) is 35.1 Å². The van der Waals surface area contributed by atoms with Crippen LogP contribution in [0.1, 0.15) is 74.1 Å². The van der Waals surface area contributed by atoms with Crippen LogP contribution in [0.25, 0.3) is 0 Å². The molecular weight excluding hydrogens is 510 g/mol. The number of rotatable bonds is 12. The van der Waals surface area contributed by atoms with Crippen LogP contribution >= 0.6 is 0 Å². The minimum Gasteiger partial charge on any atom is -0.339 e. The summed E-state index contributed by atoms with van der Waals surface area (Å²) in [6.45, 7) is 3.84. The molecule has 0 saturated heterocycles. The number of anilines is 1. The fourth-order valence-corrected chi connectivity index (χ4v) is 5.30. The highest BCUT2D eigenvalue weighted by atomic mass is 19.3. The number of hydrogen-bond donors (Lipinski definition) is 3. The van der Waals surface area contributed by atoms with Gasteiger partial charge in [0.05, 0.1) is 17.9 Å². The fraction of sp³-hybridized carbons (Fsp3) is 0.538. The molecule has 13 heteroatoms. The maximum atomic E-state index is 13.7. The second kappa shape index (κ2) is 11.1. The van der Waals surface area contributed by atoms with Crippen LogP contribution in [0.15, 0.2) is 41.7 Å². The van der Waals surface area contributed by atoms with Gasteiger partial charge in [0.15, 0.2) is 0 Å². The zero-order chi connectivity index (χ0) is 27.7. The number of alkyl halides is 2. The van der Waals surface area contributed by atoms with Gasteiger partial charge in [-0.1, -0.05) is 0 Å². The van der Waals surface area contributed by atoms with Crippen molar-refractivity contribution in [2.24, 2.45) is 17.8 Å². The van der Waals surface area contributed by atoms with E-state index in [-0.39, 0.29) is 29.1 Å². The van der Waals surface area contributed by atoms with Gasteiger partial charge < -0.3 is 10.6 Å². The second-order valence-corrected chi connectivity index (χ2v) is 10.6. The highest BCUT2D eigenvalue weighted by Gasteiger charge is 2.48. The number of halogens is 2. The van der Waals surface area contributed by atoms with Crippen molar-refractivity contribution in [3.8, 4) is 0 Å². The first kappa shape index (κ1) is 26.7. The average molecular weight is 543 g/mol. The summed E-state index contributed by atoms with van der Waals surface area (Å²) in [5.41, 5.74) is 0.144. The number of carbonyl (C=O) groups excluding carboxylic acids is 2. The van der Waals surface area contributed by atoms with E-state index in [0.717, 1.165) is 25.7 Å². The first-order valence-corrected chi connectivity index (χ1v) is 13.2. The summed E-state index contributed by atoms with van der Waals surface area (Å²) in [5.74, 6) is -0.0478. The van der Waals surface area contributed by atoms with Gasteiger partial charge in [-0.3, -0.25) is 23.7 Å². The van der Waals surface area contributed by atoms with E-state index in [2.05, 4.69) is 31.0 Å². The van der Waals surface area contributed by atoms with Gasteiger partial charge in [0, 0.05) is 36.6 Å². The van der Waals surface area contributed by atoms with E-state index in [1.165, 1.54) is 29.3 Å². The maximum absolute atomic E-state index is 13.7. The molecule has 0 radical (unpaired) electrons. The molecule has 2 atom stereocenters. The summed E-state index contributed by atoms with van der Waals surface area (Å²) >= 11 is 0. The van der Waals surface area contributed by atoms with Gasteiger partial charge >= 0.3 is 0 Å². The molecule has 0 unspecified atom stereocenters. The molecule has 39 heavy (non-hydrogen) atoms. The molecule has 2 saturated carbocycles. The van der Waals surface area contributed by atoms with E-state index in [1.807, 2.05) is 13.8 Å². The first-order chi connectivity index (χ1) is 18.7. The lowest BCUT2D eigenvalue weighted by atomic mass is 9.88. The molecule has 3 aromatic rings. The second-order valence-electron chi connectivity index (χ2n) is 10.6. The van der Waals surface area contributed by atoms with Crippen LogP contribution in [-0.4, -0.2) is 54.0 Å². The summed E-state index contributed by atoms with van der Waals surface area (Å²) in [6.07, 6.45) is 6.35. The van der Waals surface area contributed by atoms with Gasteiger partial charge in [-0.25, -0.2) is 13.9 Å². The lowest BCUT2D eigenvalue weighted by Gasteiger charge is -2.27. The molecule has 0 aromatic carbocycles. The number of H-pyrrole nitrogens is 1. The monoisotopic (exact) mass is 542 g/mol. The molecule has 11 nitrogen and oxygen atoms in total. The van der Waals surface area contributed by atoms with Crippen LogP contribution in [0.4, 0.5) is 14.5 Å². The van der Waals surface area contributed by atoms with Crippen LogP contribution in [0.2, 0.25) is 0 Å². The van der Waals surface area contributed by atoms with E-state index in [4.69, 9.17) is 0 Å². The summed E-state index contributed by atoms with van der Waals surface area (Å²) in [7, 11) is 0. The van der Waals surface area contributed by atoms with Crippen molar-refractivity contribution in [1.29, 1.82) is 0 Å². The molecule has 2 fully saturated rings. The third-order valence-corrected chi connectivity index (χ3v) is 7.38. The van der Waals surface area contributed by atoms with Crippen LogP contribution < -0.4 is 16.2 Å². The third kappa shape index (κ3) is 6.07. The molecular formula is C26H32F2N8O3. The Bertz CT molecular complexity index is 1360. The Labute approximate surface area is 223 Å². The molecule has 2 aliphatic carbocycles. The van der Waals surface area contributed by atoms with Crippen LogP contribution in [0.3, 0.4) is 0 Å². The molecule has 0 aliphatic heterocycles. The van der Waals surface area contributed by atoms with Crippen molar-refractivity contribution < 1.29 is 18.4 Å². The molecule has 3 aromatic heterocycles. The molecule has 2 amide bonds. The number of hydrogen-bond acceptors (Lipinski definition) is 6. The van der Waals surface area contributed by atoms with Crippen LogP contribution in [-0.2, 0) is 4.79 Å². The van der Waals surface area contributed by atoms with Crippen molar-refractivity contribution >= 4 is 17.5 Å². The van der Waals surface area contributed by atoms with E-state index < -0.39 is 36.4 Å². The normalized spacial score (nSPS) is 17.0. The smallest absolute Gasteiger partial charge is 0.270 e. The van der Waals surface area contributed by atoms with E-state index in [9.17, 15) is 23.2 Å². The molecule has 0 spiro atoms. The lowest BCUT2D eigenvalue weighted by Crippen LogP contribution is -2.50. The number of amides is 2. The Kier molecular flexibility index (Phi) is 7.58. The minimum absolute atomic E-state index is 0.00127. The highest BCUT2D eigenvalue weighted by molar-refractivity contribution is 6.00. The molecule has 3 N–H and O–H groups in total. The van der Waals surface area contributed by atoms with Gasteiger partial charge in [-0.15, -0.1) is 0 Å². The van der Waals surface area contributed by atoms with Crippen molar-refractivity contribution in [3.05, 3.63) is 58.5 Å². The van der Waals surface area contributed by atoms with Gasteiger partial charge in [0.25, 0.3) is 11.5 Å². The highest BCUT2D eigenvalue weighted by Crippen LogP contribution is 2.51. The van der Waals surface area contributed by atoms with Gasteiger partial charge in [0.2, 0.25) is 12.3 Å². The zero-order valence-electron chi connectivity index (χ0n) is 21.8. The number of aromatic amines is 1. The SMILES string of the molecule is CC(C)n1nccc1C(=O)N[C@H](C(=O)Nc1cnn([C@@H](CC(F)F)c2ccn[nH]c2=O)c1)C(C1CC1)C1CC1. The van der Waals surface area contributed by atoms with E-state index >= 15 is 0 Å². The lowest BCUT2D eigenvalue weighted by molar-refractivity contribution is -0.119. The van der Waals surface area contributed by atoms with Gasteiger partial charge in [0.1, 0.15) is 11.7 Å². The summed E-state index contributed by atoms with van der Waals surface area (Å²) in [5, 5.41) is 20.1. The van der Waals surface area contributed by atoms with Crippen LogP contribution in [0.5, 0.6) is 0 Å². The van der Waals surface area contributed by atoms with Gasteiger partial charge in [-0.05, 0) is 69.4 Å². The Morgan fingerprint density at radius 2 is 1.82 bits per heavy atom. The molecule has 208 valence electrons. The summed E-state index contributed by atoms with van der Waals surface area (Å²) in [4.78, 5) is 39.2. The van der Waals surface area contributed by atoms with Crippen molar-refractivity contribution in [2.45, 2.75) is 70.5 Å².